The van der Waals surface area contributed by atoms with Crippen LogP contribution in [0.4, 0.5) is 0 Å². The topological polar surface area (TPSA) is 0 Å². The Kier molecular flexibility index (Phi) is 19.2. The van der Waals surface area contributed by atoms with Gasteiger partial charge in [-0.3, -0.25) is 0 Å². The summed E-state index contributed by atoms with van der Waals surface area (Å²) in [5, 5.41) is 1.18. The minimum Gasteiger partial charge on any atom is -0.0928 e. The Morgan fingerprint density at radius 2 is 1.00 bits per heavy atom. The highest BCUT2D eigenvalue weighted by atomic mass is 79.9. The molecule has 0 amide bonds. The highest BCUT2D eigenvalue weighted by Gasteiger charge is 1.91. The summed E-state index contributed by atoms with van der Waals surface area (Å²) in [7, 11) is 0. The van der Waals surface area contributed by atoms with Crippen molar-refractivity contribution in [3.8, 4) is 0 Å². The average Bonchev–Trinajstić information content (AvgIpc) is 2.16. The zero-order chi connectivity index (χ0) is 9.78. The molecule has 0 unspecified atom stereocenters. The highest BCUT2D eigenvalue weighted by Crippen LogP contribution is 2.10. The minimum atomic E-state index is 0. The molecule has 88 valence electrons. The second-order valence-electron chi connectivity index (χ2n) is 3.87. The van der Waals surface area contributed by atoms with Crippen molar-refractivity contribution in [2.45, 2.75) is 78.6 Å². The predicted octanol–water partition coefficient (Wildman–Crippen LogP) is 5.94. The Bertz CT molecular complexity index is 71.3. The summed E-state index contributed by atoms with van der Waals surface area (Å²) in [6, 6.07) is 0. The fourth-order valence-corrected chi connectivity index (χ4v) is 1.98. The van der Waals surface area contributed by atoms with Crippen molar-refractivity contribution in [3.63, 3.8) is 0 Å². The lowest BCUT2D eigenvalue weighted by Crippen LogP contribution is -1.81. The van der Waals surface area contributed by atoms with Crippen LogP contribution < -0.4 is 0 Å². The number of hydrogen-bond donors (Lipinski definition) is 0. The largest absolute Gasteiger partial charge is 0.0928 e. The molecule has 0 aliphatic rings. The Labute approximate surface area is 100.0 Å². The number of unbranched alkanes of at least 4 members (excludes halogenated alkanes) is 9. The van der Waals surface area contributed by atoms with Crippen LogP contribution in [0.1, 0.15) is 78.6 Å². The first kappa shape index (κ1) is 16.9. The number of hydrogen-bond acceptors (Lipinski definition) is 0. The van der Waals surface area contributed by atoms with E-state index in [1.165, 1.54) is 69.5 Å². The molecule has 0 aromatic heterocycles. The molecular formula is C13H29Br. The van der Waals surface area contributed by atoms with Gasteiger partial charge in [-0.1, -0.05) is 88.1 Å². The molecule has 0 rings (SSSR count). The summed E-state index contributed by atoms with van der Waals surface area (Å²) in [6.45, 7) is 2.28. The van der Waals surface area contributed by atoms with Crippen LogP contribution in [0.15, 0.2) is 0 Å². The fraction of sp³-hybridized carbons (Fsp3) is 1.00. The van der Waals surface area contributed by atoms with Crippen LogP contribution in [0.3, 0.4) is 0 Å². The molecule has 0 radical (unpaired) electrons. The van der Waals surface area contributed by atoms with Crippen molar-refractivity contribution in [1.82, 2.24) is 0 Å². The van der Waals surface area contributed by atoms with Gasteiger partial charge in [-0.2, -0.15) is 0 Å². The molecule has 0 fully saturated rings. The molecule has 0 saturated carbocycles. The Hall–Kier alpha value is 0.480. The molecule has 0 saturated heterocycles. The molecular weight excluding hydrogens is 236 g/mol. The molecule has 0 atom stereocenters. The molecule has 0 N–H and O–H groups in total. The van der Waals surface area contributed by atoms with Crippen LogP contribution in [0.5, 0.6) is 0 Å². The third kappa shape index (κ3) is 15.0. The predicted molar refractivity (Wildman–Crippen MR) is 72.4 cm³/mol. The van der Waals surface area contributed by atoms with Crippen molar-refractivity contribution in [2.75, 3.05) is 5.33 Å². The van der Waals surface area contributed by atoms with E-state index in [1.54, 1.807) is 0 Å². The van der Waals surface area contributed by atoms with Gasteiger partial charge in [-0.05, 0) is 6.42 Å². The normalized spacial score (nSPS) is 9.86. The van der Waals surface area contributed by atoms with Crippen molar-refractivity contribution >= 4 is 15.9 Å². The number of alkyl halides is 1. The highest BCUT2D eigenvalue weighted by molar-refractivity contribution is 9.09. The Balaban J connectivity index is 0. The fourth-order valence-electron chi connectivity index (χ4n) is 1.58. The molecule has 1 heteroatoms. The van der Waals surface area contributed by atoms with Crippen LogP contribution in [0.2, 0.25) is 0 Å². The van der Waals surface area contributed by atoms with Gasteiger partial charge < -0.3 is 0 Å². The number of rotatable bonds is 10. The number of halogens is 1. The smallest absolute Gasteiger partial charge is 0.00313 e. The quantitative estimate of drug-likeness (QED) is 0.339. The second-order valence-corrected chi connectivity index (χ2v) is 4.66. The van der Waals surface area contributed by atoms with Crippen LogP contribution >= 0.6 is 15.9 Å². The first-order chi connectivity index (χ1) is 6.41. The van der Waals surface area contributed by atoms with Crippen LogP contribution in [-0.4, -0.2) is 5.33 Å². The summed E-state index contributed by atoms with van der Waals surface area (Å²) in [6.07, 6.45) is 14.3. The summed E-state index contributed by atoms with van der Waals surface area (Å²) >= 11 is 3.46. The third-order valence-corrected chi connectivity index (χ3v) is 3.05. The molecule has 14 heavy (non-hydrogen) atoms. The van der Waals surface area contributed by atoms with E-state index in [1.807, 2.05) is 0 Å². The molecule has 0 aliphatic heterocycles. The van der Waals surface area contributed by atoms with Crippen molar-refractivity contribution < 1.29 is 0 Å². The van der Waals surface area contributed by atoms with E-state index in [4.69, 9.17) is 0 Å². The zero-order valence-corrected chi connectivity index (χ0v) is 10.7. The third-order valence-electron chi connectivity index (χ3n) is 2.49. The van der Waals surface area contributed by atoms with Gasteiger partial charge in [0.2, 0.25) is 0 Å². The van der Waals surface area contributed by atoms with E-state index in [9.17, 15) is 0 Å². The molecule has 0 aromatic rings. The molecule has 0 aliphatic carbocycles. The minimum absolute atomic E-state index is 0. The van der Waals surface area contributed by atoms with E-state index in [0.29, 0.717) is 0 Å². The van der Waals surface area contributed by atoms with Gasteiger partial charge in [0.15, 0.2) is 0 Å². The van der Waals surface area contributed by atoms with E-state index >= 15 is 0 Å². The summed E-state index contributed by atoms with van der Waals surface area (Å²) < 4.78 is 0. The molecule has 0 spiro atoms. The van der Waals surface area contributed by atoms with Gasteiger partial charge in [0.1, 0.15) is 0 Å². The van der Waals surface area contributed by atoms with Crippen LogP contribution in [-0.2, 0) is 0 Å². The van der Waals surface area contributed by atoms with Gasteiger partial charge >= 0.3 is 0 Å². The van der Waals surface area contributed by atoms with E-state index in [-0.39, 0.29) is 7.43 Å². The van der Waals surface area contributed by atoms with Crippen molar-refractivity contribution in [3.05, 3.63) is 0 Å². The maximum absolute atomic E-state index is 3.46. The maximum atomic E-state index is 3.46. The van der Waals surface area contributed by atoms with Crippen molar-refractivity contribution in [2.24, 2.45) is 0 Å². The lowest BCUT2D eigenvalue weighted by Gasteiger charge is -2.00. The first-order valence-corrected chi connectivity index (χ1v) is 7.10. The summed E-state index contributed by atoms with van der Waals surface area (Å²) in [5.74, 6) is 0. The monoisotopic (exact) mass is 264 g/mol. The van der Waals surface area contributed by atoms with Crippen LogP contribution in [0, 0.1) is 0 Å². The summed E-state index contributed by atoms with van der Waals surface area (Å²) in [4.78, 5) is 0. The van der Waals surface area contributed by atoms with E-state index in [0.717, 1.165) is 0 Å². The van der Waals surface area contributed by atoms with Gasteiger partial charge in [0.05, 0.1) is 0 Å². The van der Waals surface area contributed by atoms with E-state index < -0.39 is 0 Å². The average molecular weight is 265 g/mol. The molecule has 0 nitrogen and oxygen atoms in total. The lowest BCUT2D eigenvalue weighted by atomic mass is 10.1. The van der Waals surface area contributed by atoms with Gasteiger partial charge in [0, 0.05) is 5.33 Å². The van der Waals surface area contributed by atoms with Gasteiger partial charge in [-0.25, -0.2) is 0 Å². The second kappa shape index (κ2) is 15.9. The van der Waals surface area contributed by atoms with Gasteiger partial charge in [0.25, 0.3) is 0 Å². The lowest BCUT2D eigenvalue weighted by molar-refractivity contribution is 0.563. The molecule has 0 bridgehead atoms. The Morgan fingerprint density at radius 1 is 0.643 bits per heavy atom. The molecule has 0 aromatic carbocycles. The van der Waals surface area contributed by atoms with Crippen LogP contribution in [0.25, 0.3) is 0 Å². The first-order valence-electron chi connectivity index (χ1n) is 5.97. The zero-order valence-electron chi connectivity index (χ0n) is 9.16. The summed E-state index contributed by atoms with van der Waals surface area (Å²) in [5.41, 5.74) is 0. The SMILES string of the molecule is C.CCCCCCCCCCCCBr. The maximum Gasteiger partial charge on any atom is 0.00313 e. The van der Waals surface area contributed by atoms with Crippen molar-refractivity contribution in [1.29, 1.82) is 0 Å². The molecule has 0 heterocycles. The standard InChI is InChI=1S/C12H25Br.CH4/c1-2-3-4-5-6-7-8-9-10-11-12-13;/h2-12H2,1H3;1H4. The van der Waals surface area contributed by atoms with Gasteiger partial charge in [-0.15, -0.1) is 0 Å². The van der Waals surface area contributed by atoms with E-state index in [2.05, 4.69) is 22.9 Å². The Morgan fingerprint density at radius 3 is 1.36 bits per heavy atom.